The first-order chi connectivity index (χ1) is 9.63. The Balaban J connectivity index is 2.14. The van der Waals surface area contributed by atoms with Gasteiger partial charge in [-0.1, -0.05) is 12.1 Å². The number of nitrogens with zero attached hydrogens (tertiary/aromatic N) is 1. The fourth-order valence-electron chi connectivity index (χ4n) is 2.58. The van der Waals surface area contributed by atoms with Gasteiger partial charge in [0.2, 0.25) is 0 Å². The molecule has 1 amide bonds. The molecule has 1 unspecified atom stereocenters. The molecule has 0 radical (unpaired) electrons. The van der Waals surface area contributed by atoms with E-state index in [1.165, 1.54) is 0 Å². The molecule has 1 aliphatic rings. The zero-order valence-electron chi connectivity index (χ0n) is 11.8. The fourth-order valence-corrected chi connectivity index (χ4v) is 2.58. The quantitative estimate of drug-likeness (QED) is 0.748. The van der Waals surface area contributed by atoms with Gasteiger partial charge in [0.1, 0.15) is 5.75 Å². The van der Waals surface area contributed by atoms with Crippen molar-refractivity contribution in [3.8, 4) is 5.75 Å². The number of carbonyl (C=O) groups excluding carboxylic acids is 1. The Kier molecular flexibility index (Phi) is 4.98. The summed E-state index contributed by atoms with van der Waals surface area (Å²) < 4.78 is 0. The minimum Gasteiger partial charge on any atom is -0.507 e. The predicted octanol–water partition coefficient (Wildman–Crippen LogP) is 0.887. The largest absolute Gasteiger partial charge is 0.507 e. The Hall–Kier alpha value is -1.59. The van der Waals surface area contributed by atoms with E-state index in [1.54, 1.807) is 30.0 Å². The summed E-state index contributed by atoms with van der Waals surface area (Å²) >= 11 is 0. The number of hydrogen-bond donors (Lipinski definition) is 3. The number of rotatable bonds is 5. The smallest absolute Gasteiger partial charge is 0.257 e. The summed E-state index contributed by atoms with van der Waals surface area (Å²) in [6.07, 6.45) is 2.15. The summed E-state index contributed by atoms with van der Waals surface area (Å²) in [7, 11) is 0. The van der Waals surface area contributed by atoms with Crippen molar-refractivity contribution in [1.82, 2.24) is 10.2 Å². The number of nitrogens with one attached hydrogen (secondary N) is 1. The average molecular weight is 278 g/mol. The van der Waals surface area contributed by atoms with Gasteiger partial charge in [0.05, 0.1) is 12.2 Å². The van der Waals surface area contributed by atoms with Crippen molar-refractivity contribution in [1.29, 1.82) is 0 Å². The number of hydrogen-bond acceptors (Lipinski definition) is 4. The number of benzene rings is 1. The van der Waals surface area contributed by atoms with E-state index in [4.69, 9.17) is 5.11 Å². The summed E-state index contributed by atoms with van der Waals surface area (Å²) in [5.41, 5.74) is 0.982. The molecule has 1 heterocycles. The molecule has 3 N–H and O–H groups in total. The van der Waals surface area contributed by atoms with Gasteiger partial charge in [-0.05, 0) is 37.9 Å². The van der Waals surface area contributed by atoms with E-state index in [0.29, 0.717) is 17.7 Å². The van der Waals surface area contributed by atoms with Gasteiger partial charge in [-0.2, -0.15) is 0 Å². The van der Waals surface area contributed by atoms with Crippen molar-refractivity contribution in [3.05, 3.63) is 29.3 Å². The van der Waals surface area contributed by atoms with Crippen LogP contribution in [0.1, 0.15) is 28.8 Å². The van der Waals surface area contributed by atoms with Crippen molar-refractivity contribution in [2.75, 3.05) is 26.2 Å². The van der Waals surface area contributed by atoms with Gasteiger partial charge >= 0.3 is 0 Å². The van der Waals surface area contributed by atoms with Crippen LogP contribution in [0.2, 0.25) is 0 Å². The van der Waals surface area contributed by atoms with Gasteiger partial charge in [0.25, 0.3) is 5.91 Å². The van der Waals surface area contributed by atoms with E-state index >= 15 is 0 Å². The summed E-state index contributed by atoms with van der Waals surface area (Å²) in [5, 5.41) is 22.5. The van der Waals surface area contributed by atoms with Gasteiger partial charge in [-0.15, -0.1) is 0 Å². The number of aliphatic hydroxyl groups is 1. The van der Waals surface area contributed by atoms with E-state index < -0.39 is 0 Å². The zero-order chi connectivity index (χ0) is 14.5. The SMILES string of the molecule is Cc1cccc(C(=O)N(CCO)CC2CCCN2)c1O. The number of aliphatic hydroxyl groups excluding tert-OH is 1. The minimum atomic E-state index is -0.228. The van der Waals surface area contributed by atoms with Gasteiger partial charge < -0.3 is 20.4 Å². The van der Waals surface area contributed by atoms with Crippen molar-refractivity contribution in [3.63, 3.8) is 0 Å². The molecular weight excluding hydrogens is 256 g/mol. The molecule has 2 rings (SSSR count). The lowest BCUT2D eigenvalue weighted by atomic mass is 10.1. The Morgan fingerprint density at radius 3 is 2.95 bits per heavy atom. The molecule has 1 atom stereocenters. The van der Waals surface area contributed by atoms with Crippen molar-refractivity contribution in [2.45, 2.75) is 25.8 Å². The van der Waals surface area contributed by atoms with Crippen molar-refractivity contribution >= 4 is 5.91 Å². The lowest BCUT2D eigenvalue weighted by Crippen LogP contribution is -2.42. The molecule has 5 heteroatoms. The summed E-state index contributed by atoms with van der Waals surface area (Å²) in [4.78, 5) is 14.1. The second-order valence-corrected chi connectivity index (χ2v) is 5.24. The first kappa shape index (κ1) is 14.8. The predicted molar refractivity (Wildman–Crippen MR) is 76.9 cm³/mol. The standard InChI is InChI=1S/C15H22N2O3/c1-11-4-2-6-13(14(11)19)15(20)17(8-9-18)10-12-5-3-7-16-12/h2,4,6,12,16,18-19H,3,5,7-10H2,1H3. The van der Waals surface area contributed by atoms with E-state index in [1.807, 2.05) is 0 Å². The fraction of sp³-hybridized carbons (Fsp3) is 0.533. The van der Waals surface area contributed by atoms with Gasteiger partial charge in [0.15, 0.2) is 0 Å². The number of carbonyl (C=O) groups is 1. The summed E-state index contributed by atoms with van der Waals surface area (Å²) in [6, 6.07) is 5.42. The van der Waals surface area contributed by atoms with Crippen LogP contribution in [-0.4, -0.2) is 53.3 Å². The summed E-state index contributed by atoms with van der Waals surface area (Å²) in [5.74, 6) is -0.200. The molecule has 110 valence electrons. The monoisotopic (exact) mass is 278 g/mol. The van der Waals surface area contributed by atoms with E-state index in [2.05, 4.69) is 5.32 Å². The lowest BCUT2D eigenvalue weighted by molar-refractivity contribution is 0.0703. The number of phenolic OH excluding ortho intramolecular Hbond substituents is 1. The highest BCUT2D eigenvalue weighted by molar-refractivity contribution is 5.97. The maximum absolute atomic E-state index is 12.5. The van der Waals surface area contributed by atoms with Crippen LogP contribution < -0.4 is 5.32 Å². The Bertz CT molecular complexity index is 470. The number of aryl methyl sites for hydroxylation is 1. The van der Waals surface area contributed by atoms with Crippen LogP contribution >= 0.6 is 0 Å². The molecule has 20 heavy (non-hydrogen) atoms. The van der Waals surface area contributed by atoms with Gasteiger partial charge in [0, 0.05) is 19.1 Å². The van der Waals surface area contributed by atoms with E-state index in [9.17, 15) is 9.90 Å². The first-order valence-corrected chi connectivity index (χ1v) is 7.05. The summed E-state index contributed by atoms with van der Waals surface area (Å²) in [6.45, 7) is 3.50. The van der Waals surface area contributed by atoms with Crippen LogP contribution in [0, 0.1) is 6.92 Å². The zero-order valence-corrected chi connectivity index (χ0v) is 11.8. The molecule has 0 saturated carbocycles. The van der Waals surface area contributed by atoms with Crippen LogP contribution in [0.25, 0.3) is 0 Å². The number of para-hydroxylation sites is 1. The van der Waals surface area contributed by atoms with Crippen LogP contribution in [0.5, 0.6) is 5.75 Å². The molecule has 1 aromatic rings. The molecular formula is C15H22N2O3. The van der Waals surface area contributed by atoms with E-state index in [0.717, 1.165) is 19.4 Å². The Labute approximate surface area is 119 Å². The number of amides is 1. The number of aromatic hydroxyl groups is 1. The molecule has 1 aromatic carbocycles. The molecule has 0 aliphatic carbocycles. The third-order valence-electron chi connectivity index (χ3n) is 3.73. The van der Waals surface area contributed by atoms with Crippen LogP contribution in [0.4, 0.5) is 0 Å². The van der Waals surface area contributed by atoms with Gasteiger partial charge in [-0.25, -0.2) is 0 Å². The highest BCUT2D eigenvalue weighted by atomic mass is 16.3. The second kappa shape index (κ2) is 6.72. The third kappa shape index (κ3) is 3.29. The highest BCUT2D eigenvalue weighted by Crippen LogP contribution is 2.23. The number of phenols is 1. The molecule has 0 bridgehead atoms. The normalized spacial score (nSPS) is 18.2. The molecule has 0 aromatic heterocycles. The van der Waals surface area contributed by atoms with Crippen molar-refractivity contribution in [2.24, 2.45) is 0 Å². The highest BCUT2D eigenvalue weighted by Gasteiger charge is 2.24. The molecule has 1 fully saturated rings. The van der Waals surface area contributed by atoms with Crippen LogP contribution in [-0.2, 0) is 0 Å². The molecule has 1 saturated heterocycles. The molecule has 1 aliphatic heterocycles. The first-order valence-electron chi connectivity index (χ1n) is 7.05. The Morgan fingerprint density at radius 2 is 2.30 bits per heavy atom. The minimum absolute atomic E-state index is 0.0276. The third-order valence-corrected chi connectivity index (χ3v) is 3.73. The van der Waals surface area contributed by atoms with Crippen LogP contribution in [0.15, 0.2) is 18.2 Å². The maximum atomic E-state index is 12.5. The Morgan fingerprint density at radius 1 is 1.50 bits per heavy atom. The van der Waals surface area contributed by atoms with E-state index in [-0.39, 0.29) is 30.9 Å². The van der Waals surface area contributed by atoms with Crippen molar-refractivity contribution < 1.29 is 15.0 Å². The maximum Gasteiger partial charge on any atom is 0.257 e. The van der Waals surface area contributed by atoms with Gasteiger partial charge in [-0.3, -0.25) is 4.79 Å². The average Bonchev–Trinajstić information content (AvgIpc) is 2.94. The lowest BCUT2D eigenvalue weighted by Gasteiger charge is -2.25. The molecule has 0 spiro atoms. The van der Waals surface area contributed by atoms with Crippen LogP contribution in [0.3, 0.4) is 0 Å². The topological polar surface area (TPSA) is 72.8 Å². The second-order valence-electron chi connectivity index (χ2n) is 5.24. The molecule has 5 nitrogen and oxygen atoms in total.